The van der Waals surface area contributed by atoms with Gasteiger partial charge in [0.15, 0.2) is 5.96 Å². The summed E-state index contributed by atoms with van der Waals surface area (Å²) < 4.78 is 5.54. The number of nitrogens with zero attached hydrogens (tertiary/aromatic N) is 2. The maximum absolute atomic E-state index is 12.7. The largest absolute Gasteiger partial charge is 0.389 e. The summed E-state index contributed by atoms with van der Waals surface area (Å²) in [6, 6.07) is 0.216. The van der Waals surface area contributed by atoms with Gasteiger partial charge in [-0.25, -0.2) is 0 Å². The molecular formula is C21H39IN4O3. The summed E-state index contributed by atoms with van der Waals surface area (Å²) in [6.07, 6.45) is 8.63. The maximum Gasteiger partial charge on any atom is 0.225 e. The molecule has 2 saturated carbocycles. The van der Waals surface area contributed by atoms with Crippen LogP contribution in [0.5, 0.6) is 0 Å². The summed E-state index contributed by atoms with van der Waals surface area (Å²) in [5.74, 6) is 1.99. The molecule has 1 heterocycles. The van der Waals surface area contributed by atoms with Gasteiger partial charge in [0.2, 0.25) is 5.91 Å². The van der Waals surface area contributed by atoms with Crippen LogP contribution in [-0.4, -0.2) is 73.4 Å². The smallest absolute Gasteiger partial charge is 0.225 e. The third kappa shape index (κ3) is 8.57. The Morgan fingerprint density at radius 1 is 1.21 bits per heavy atom. The summed E-state index contributed by atoms with van der Waals surface area (Å²) in [6.45, 7) is 5.77. The minimum Gasteiger partial charge on any atom is -0.389 e. The SMILES string of the molecule is CCNC(=NCC(O)COCC1CC1)NC1CCN(C(=O)C2CCCCC2)C1.I. The van der Waals surface area contributed by atoms with Gasteiger partial charge in [-0.2, -0.15) is 0 Å². The van der Waals surface area contributed by atoms with Crippen LogP contribution in [0.2, 0.25) is 0 Å². The Bertz CT molecular complexity index is 524. The first-order chi connectivity index (χ1) is 13.7. The van der Waals surface area contributed by atoms with Crippen molar-refractivity contribution in [3.8, 4) is 0 Å². The minimum absolute atomic E-state index is 0. The molecule has 3 N–H and O–H groups in total. The van der Waals surface area contributed by atoms with E-state index < -0.39 is 6.10 Å². The van der Waals surface area contributed by atoms with Crippen molar-refractivity contribution in [2.45, 2.75) is 70.4 Å². The van der Waals surface area contributed by atoms with Gasteiger partial charge < -0.3 is 25.4 Å². The number of ether oxygens (including phenoxy) is 1. The number of aliphatic hydroxyl groups excluding tert-OH is 1. The van der Waals surface area contributed by atoms with E-state index >= 15 is 0 Å². The molecule has 2 atom stereocenters. The van der Waals surface area contributed by atoms with E-state index in [0.717, 1.165) is 45.5 Å². The first-order valence-corrected chi connectivity index (χ1v) is 11.2. The van der Waals surface area contributed by atoms with E-state index in [2.05, 4.69) is 15.6 Å². The van der Waals surface area contributed by atoms with E-state index in [4.69, 9.17) is 4.74 Å². The molecule has 3 fully saturated rings. The Balaban J connectivity index is 0.00000300. The van der Waals surface area contributed by atoms with Gasteiger partial charge in [0.05, 0.1) is 19.3 Å². The fourth-order valence-corrected chi connectivity index (χ4v) is 4.10. The summed E-state index contributed by atoms with van der Waals surface area (Å²) >= 11 is 0. The van der Waals surface area contributed by atoms with Crippen molar-refractivity contribution >= 4 is 35.8 Å². The highest BCUT2D eigenvalue weighted by Crippen LogP contribution is 2.29. The molecule has 2 aliphatic carbocycles. The molecule has 0 bridgehead atoms. The predicted molar refractivity (Wildman–Crippen MR) is 126 cm³/mol. The second-order valence-electron chi connectivity index (χ2n) is 8.60. The van der Waals surface area contributed by atoms with Gasteiger partial charge >= 0.3 is 0 Å². The third-order valence-electron chi connectivity index (χ3n) is 5.96. The van der Waals surface area contributed by atoms with Crippen LogP contribution in [0.15, 0.2) is 4.99 Å². The molecule has 8 heteroatoms. The number of carbonyl (C=O) groups excluding carboxylic acids is 1. The van der Waals surface area contributed by atoms with Crippen molar-refractivity contribution < 1.29 is 14.6 Å². The zero-order chi connectivity index (χ0) is 19.8. The summed E-state index contributed by atoms with van der Waals surface area (Å²) in [4.78, 5) is 19.3. The van der Waals surface area contributed by atoms with Gasteiger partial charge in [-0.15, -0.1) is 24.0 Å². The lowest BCUT2D eigenvalue weighted by Crippen LogP contribution is -2.46. The van der Waals surface area contributed by atoms with Crippen molar-refractivity contribution in [3.63, 3.8) is 0 Å². The number of hydrogen-bond donors (Lipinski definition) is 3. The molecular weight excluding hydrogens is 483 g/mol. The van der Waals surface area contributed by atoms with Crippen molar-refractivity contribution in [3.05, 3.63) is 0 Å². The normalized spacial score (nSPS) is 24.1. The lowest BCUT2D eigenvalue weighted by atomic mass is 9.88. The first-order valence-electron chi connectivity index (χ1n) is 11.2. The zero-order valence-corrected chi connectivity index (χ0v) is 20.1. The van der Waals surface area contributed by atoms with Crippen LogP contribution in [0.1, 0.15) is 58.3 Å². The monoisotopic (exact) mass is 522 g/mol. The number of rotatable bonds is 9. The number of nitrogens with one attached hydrogen (secondary N) is 2. The van der Waals surface area contributed by atoms with E-state index in [1.165, 1.54) is 32.1 Å². The predicted octanol–water partition coefficient (Wildman–Crippen LogP) is 2.13. The highest BCUT2D eigenvalue weighted by Gasteiger charge is 2.31. The van der Waals surface area contributed by atoms with E-state index in [0.29, 0.717) is 30.9 Å². The molecule has 29 heavy (non-hydrogen) atoms. The average Bonchev–Trinajstić information content (AvgIpc) is 3.42. The average molecular weight is 522 g/mol. The Labute approximate surface area is 192 Å². The number of guanidine groups is 1. The topological polar surface area (TPSA) is 86.2 Å². The maximum atomic E-state index is 12.7. The van der Waals surface area contributed by atoms with Crippen LogP contribution < -0.4 is 10.6 Å². The third-order valence-corrected chi connectivity index (χ3v) is 5.96. The van der Waals surface area contributed by atoms with E-state index in [9.17, 15) is 9.90 Å². The summed E-state index contributed by atoms with van der Waals surface area (Å²) in [5, 5.41) is 16.8. The van der Waals surface area contributed by atoms with Crippen LogP contribution in [0.3, 0.4) is 0 Å². The highest BCUT2D eigenvalue weighted by atomic mass is 127. The van der Waals surface area contributed by atoms with Crippen molar-refractivity contribution in [1.82, 2.24) is 15.5 Å². The number of aliphatic imine (C=N–C) groups is 1. The van der Waals surface area contributed by atoms with Gasteiger partial charge in [-0.1, -0.05) is 19.3 Å². The van der Waals surface area contributed by atoms with E-state index in [1.54, 1.807) is 0 Å². The van der Waals surface area contributed by atoms with Crippen molar-refractivity contribution in [2.75, 3.05) is 39.4 Å². The van der Waals surface area contributed by atoms with Crippen LogP contribution >= 0.6 is 24.0 Å². The molecule has 1 saturated heterocycles. The lowest BCUT2D eigenvalue weighted by Gasteiger charge is -2.26. The molecule has 0 radical (unpaired) electrons. The van der Waals surface area contributed by atoms with Crippen LogP contribution in [-0.2, 0) is 9.53 Å². The molecule has 3 aliphatic rings. The van der Waals surface area contributed by atoms with Gasteiger partial charge in [0, 0.05) is 38.2 Å². The second-order valence-corrected chi connectivity index (χ2v) is 8.60. The van der Waals surface area contributed by atoms with Crippen molar-refractivity contribution in [1.29, 1.82) is 0 Å². The Morgan fingerprint density at radius 2 is 1.97 bits per heavy atom. The molecule has 7 nitrogen and oxygen atoms in total. The van der Waals surface area contributed by atoms with Crippen molar-refractivity contribution in [2.24, 2.45) is 16.8 Å². The molecule has 3 rings (SSSR count). The van der Waals surface area contributed by atoms with Gasteiger partial charge in [0.1, 0.15) is 0 Å². The zero-order valence-electron chi connectivity index (χ0n) is 17.8. The van der Waals surface area contributed by atoms with Gasteiger partial charge in [-0.05, 0) is 44.9 Å². The Morgan fingerprint density at radius 3 is 2.66 bits per heavy atom. The molecule has 168 valence electrons. The number of halogens is 1. The molecule has 1 amide bonds. The highest BCUT2D eigenvalue weighted by molar-refractivity contribution is 14.0. The van der Waals surface area contributed by atoms with Crippen LogP contribution in [0, 0.1) is 11.8 Å². The first kappa shape index (κ1) is 24.7. The summed E-state index contributed by atoms with van der Waals surface area (Å²) in [5.41, 5.74) is 0. The minimum atomic E-state index is -0.581. The lowest BCUT2D eigenvalue weighted by molar-refractivity contribution is -0.135. The second kappa shape index (κ2) is 12.9. The van der Waals surface area contributed by atoms with E-state index in [1.807, 2.05) is 11.8 Å². The van der Waals surface area contributed by atoms with Crippen LogP contribution in [0.25, 0.3) is 0 Å². The van der Waals surface area contributed by atoms with Crippen LogP contribution in [0.4, 0.5) is 0 Å². The van der Waals surface area contributed by atoms with Gasteiger partial charge in [0.25, 0.3) is 0 Å². The number of carbonyl (C=O) groups is 1. The molecule has 0 aromatic carbocycles. The molecule has 0 spiro atoms. The number of amides is 1. The molecule has 1 aliphatic heterocycles. The standard InChI is InChI=1S/C21H38N4O3.HI/c1-2-22-21(23-12-19(26)15-28-14-16-8-9-16)24-18-10-11-25(13-18)20(27)17-6-4-3-5-7-17;/h16-19,26H,2-15H2,1H3,(H2,22,23,24);1H. The quantitative estimate of drug-likeness (QED) is 0.246. The number of hydrogen-bond acceptors (Lipinski definition) is 4. The Hall–Kier alpha value is -0.610. The molecule has 0 aromatic heterocycles. The van der Waals surface area contributed by atoms with E-state index in [-0.39, 0.29) is 35.9 Å². The fraction of sp³-hybridized carbons (Fsp3) is 0.905. The molecule has 2 unspecified atom stereocenters. The fourth-order valence-electron chi connectivity index (χ4n) is 4.10. The summed E-state index contributed by atoms with van der Waals surface area (Å²) in [7, 11) is 0. The number of likely N-dealkylation sites (tertiary alicyclic amines) is 1. The molecule has 0 aromatic rings. The van der Waals surface area contributed by atoms with Gasteiger partial charge in [-0.3, -0.25) is 9.79 Å². The number of aliphatic hydroxyl groups is 1. The Kier molecular flexibility index (Phi) is 11.0.